The third kappa shape index (κ3) is 3.67. The molecule has 0 aromatic heterocycles. The molecule has 1 amide bonds. The number of sulfonamides is 1. The van der Waals surface area contributed by atoms with Crippen molar-refractivity contribution in [1.82, 2.24) is 0 Å². The lowest BCUT2D eigenvalue weighted by Crippen LogP contribution is -2.24. The number of aryl methyl sites for hydroxylation is 1. The number of hydrogen-bond donors (Lipinski definition) is 1. The third-order valence-corrected chi connectivity index (χ3v) is 6.35. The molecule has 0 bridgehead atoms. The molecule has 0 unspecified atom stereocenters. The fraction of sp³-hybridized carbons (Fsp3) is 0.278. The summed E-state index contributed by atoms with van der Waals surface area (Å²) in [4.78, 5) is 14.7. The fourth-order valence-electron chi connectivity index (χ4n) is 2.93. The van der Waals surface area contributed by atoms with Gasteiger partial charge >= 0.3 is 0 Å². The second-order valence-electron chi connectivity index (χ2n) is 5.90. The predicted molar refractivity (Wildman–Crippen MR) is 102 cm³/mol. The van der Waals surface area contributed by atoms with E-state index >= 15 is 0 Å². The van der Waals surface area contributed by atoms with Gasteiger partial charge in [-0.15, -0.1) is 11.8 Å². The van der Waals surface area contributed by atoms with Gasteiger partial charge in [0.05, 0.1) is 10.6 Å². The lowest BCUT2D eigenvalue weighted by molar-refractivity contribution is -0.117. The average molecular weight is 377 g/mol. The number of thioether (sulfide) groups is 1. The van der Waals surface area contributed by atoms with E-state index in [1.54, 1.807) is 35.2 Å². The molecule has 0 aliphatic carbocycles. The molecule has 0 spiro atoms. The molecule has 1 N–H and O–H groups in total. The Kier molecular flexibility index (Phi) is 5.06. The van der Waals surface area contributed by atoms with Crippen LogP contribution >= 0.6 is 11.8 Å². The minimum Gasteiger partial charge on any atom is -0.312 e. The molecule has 132 valence electrons. The number of amides is 1. The smallest absolute Gasteiger partial charge is 0.261 e. The van der Waals surface area contributed by atoms with Crippen molar-refractivity contribution in [3.8, 4) is 0 Å². The van der Waals surface area contributed by atoms with Gasteiger partial charge in [0.1, 0.15) is 0 Å². The van der Waals surface area contributed by atoms with Crippen molar-refractivity contribution in [2.24, 2.45) is 0 Å². The summed E-state index contributed by atoms with van der Waals surface area (Å²) >= 11 is 1.48. The van der Waals surface area contributed by atoms with Gasteiger partial charge in [-0.3, -0.25) is 9.52 Å². The van der Waals surface area contributed by atoms with Crippen molar-refractivity contribution < 1.29 is 13.2 Å². The van der Waals surface area contributed by atoms with E-state index in [0.717, 1.165) is 22.6 Å². The first-order chi connectivity index (χ1) is 11.9. The van der Waals surface area contributed by atoms with Crippen molar-refractivity contribution >= 4 is 39.1 Å². The van der Waals surface area contributed by atoms with Crippen LogP contribution in [0.4, 0.5) is 11.4 Å². The highest BCUT2D eigenvalue weighted by atomic mass is 32.2. The molecule has 0 saturated carbocycles. The van der Waals surface area contributed by atoms with Crippen LogP contribution in [-0.2, 0) is 14.8 Å². The van der Waals surface area contributed by atoms with Gasteiger partial charge in [0, 0.05) is 23.5 Å². The Balaban J connectivity index is 1.90. The van der Waals surface area contributed by atoms with Gasteiger partial charge in [-0.1, -0.05) is 12.1 Å². The molecule has 1 heterocycles. The Hall–Kier alpha value is -1.99. The normalized spacial score (nSPS) is 14.8. The van der Waals surface area contributed by atoms with Gasteiger partial charge < -0.3 is 4.90 Å². The van der Waals surface area contributed by atoms with Crippen LogP contribution in [0.25, 0.3) is 0 Å². The summed E-state index contributed by atoms with van der Waals surface area (Å²) in [6.45, 7) is 2.51. The summed E-state index contributed by atoms with van der Waals surface area (Å²) in [5, 5.41) is 0. The number of anilines is 2. The molecule has 2 aromatic carbocycles. The number of carbonyl (C=O) groups excluding carboxylic acids is 1. The first-order valence-electron chi connectivity index (χ1n) is 7.99. The monoisotopic (exact) mass is 376 g/mol. The molecule has 5 nitrogen and oxygen atoms in total. The summed E-state index contributed by atoms with van der Waals surface area (Å²) in [6.07, 6.45) is 3.29. The van der Waals surface area contributed by atoms with E-state index in [1.165, 1.54) is 11.8 Å². The van der Waals surface area contributed by atoms with Crippen molar-refractivity contribution in [3.63, 3.8) is 0 Å². The number of para-hydroxylation sites is 1. The number of nitrogens with one attached hydrogen (secondary N) is 1. The second kappa shape index (κ2) is 7.09. The standard InChI is InChI=1S/C18H20N2O3S2/c1-13-12-14(9-10-16(13)20-11-5-8-18(20)21)25(22,23)19-15-6-3-4-7-17(15)24-2/h3-4,6-7,9-10,12,19H,5,8,11H2,1-2H3. The molecule has 7 heteroatoms. The summed E-state index contributed by atoms with van der Waals surface area (Å²) in [6, 6.07) is 12.2. The molecule has 1 saturated heterocycles. The summed E-state index contributed by atoms with van der Waals surface area (Å²) < 4.78 is 28.1. The van der Waals surface area contributed by atoms with Gasteiger partial charge in [-0.05, 0) is 55.5 Å². The molecule has 0 radical (unpaired) electrons. The lowest BCUT2D eigenvalue weighted by atomic mass is 10.2. The maximum absolute atomic E-state index is 12.7. The molecular weight excluding hydrogens is 356 g/mol. The highest BCUT2D eigenvalue weighted by Gasteiger charge is 2.24. The van der Waals surface area contributed by atoms with Crippen LogP contribution in [0.5, 0.6) is 0 Å². The van der Waals surface area contributed by atoms with Crippen molar-refractivity contribution in [2.75, 3.05) is 22.4 Å². The summed E-state index contributed by atoms with van der Waals surface area (Å²) in [5.41, 5.74) is 2.12. The van der Waals surface area contributed by atoms with E-state index in [0.29, 0.717) is 18.7 Å². The number of nitrogens with zero attached hydrogens (tertiary/aromatic N) is 1. The van der Waals surface area contributed by atoms with E-state index in [9.17, 15) is 13.2 Å². The molecule has 2 aromatic rings. The van der Waals surface area contributed by atoms with Gasteiger partial charge in [-0.25, -0.2) is 8.42 Å². The van der Waals surface area contributed by atoms with Crippen LogP contribution in [0.3, 0.4) is 0 Å². The van der Waals surface area contributed by atoms with E-state index in [1.807, 2.05) is 25.3 Å². The van der Waals surface area contributed by atoms with Crippen LogP contribution in [0.2, 0.25) is 0 Å². The Labute approximate surface area is 152 Å². The van der Waals surface area contributed by atoms with Crippen LogP contribution in [0, 0.1) is 6.92 Å². The zero-order valence-corrected chi connectivity index (χ0v) is 15.8. The number of rotatable bonds is 5. The minimum absolute atomic E-state index is 0.0886. The molecule has 1 aliphatic heterocycles. The highest BCUT2D eigenvalue weighted by molar-refractivity contribution is 7.99. The lowest BCUT2D eigenvalue weighted by Gasteiger charge is -2.19. The predicted octanol–water partition coefficient (Wildman–Crippen LogP) is 3.64. The van der Waals surface area contributed by atoms with E-state index in [-0.39, 0.29) is 10.8 Å². The largest absolute Gasteiger partial charge is 0.312 e. The zero-order chi connectivity index (χ0) is 18.0. The Morgan fingerprint density at radius 2 is 1.92 bits per heavy atom. The van der Waals surface area contributed by atoms with Crippen molar-refractivity contribution in [2.45, 2.75) is 29.6 Å². The molecule has 3 rings (SSSR count). The average Bonchev–Trinajstić information content (AvgIpc) is 3.01. The van der Waals surface area contributed by atoms with Gasteiger partial charge in [0.15, 0.2) is 0 Å². The van der Waals surface area contributed by atoms with Crippen LogP contribution < -0.4 is 9.62 Å². The maximum atomic E-state index is 12.7. The highest BCUT2D eigenvalue weighted by Crippen LogP contribution is 2.30. The van der Waals surface area contributed by atoms with Crippen LogP contribution in [0.15, 0.2) is 52.3 Å². The first-order valence-corrected chi connectivity index (χ1v) is 10.7. The van der Waals surface area contributed by atoms with Crippen LogP contribution in [-0.4, -0.2) is 27.1 Å². The molecule has 0 atom stereocenters. The summed E-state index contributed by atoms with van der Waals surface area (Å²) in [7, 11) is -3.69. The number of benzene rings is 2. The minimum atomic E-state index is -3.69. The van der Waals surface area contributed by atoms with Gasteiger partial charge in [0.2, 0.25) is 5.91 Å². The third-order valence-electron chi connectivity index (χ3n) is 4.19. The number of carbonyl (C=O) groups is 1. The molecule has 1 aliphatic rings. The second-order valence-corrected chi connectivity index (χ2v) is 8.43. The number of hydrogen-bond acceptors (Lipinski definition) is 4. The van der Waals surface area contributed by atoms with Gasteiger partial charge in [0.25, 0.3) is 10.0 Å². The quantitative estimate of drug-likeness (QED) is 0.809. The Bertz CT molecular complexity index is 910. The summed E-state index contributed by atoms with van der Waals surface area (Å²) in [5.74, 6) is 0.0886. The molecule has 25 heavy (non-hydrogen) atoms. The van der Waals surface area contributed by atoms with Crippen LogP contribution in [0.1, 0.15) is 18.4 Å². The molecular formula is C18H20N2O3S2. The maximum Gasteiger partial charge on any atom is 0.261 e. The van der Waals surface area contributed by atoms with Crippen molar-refractivity contribution in [3.05, 3.63) is 48.0 Å². The Morgan fingerprint density at radius 1 is 1.16 bits per heavy atom. The van der Waals surface area contributed by atoms with E-state index in [2.05, 4.69) is 4.72 Å². The zero-order valence-electron chi connectivity index (χ0n) is 14.2. The van der Waals surface area contributed by atoms with Crippen molar-refractivity contribution in [1.29, 1.82) is 0 Å². The van der Waals surface area contributed by atoms with Gasteiger partial charge in [-0.2, -0.15) is 0 Å². The Morgan fingerprint density at radius 3 is 2.56 bits per heavy atom. The molecule has 1 fully saturated rings. The van der Waals surface area contributed by atoms with E-state index in [4.69, 9.17) is 0 Å². The first kappa shape index (κ1) is 17.8. The van der Waals surface area contributed by atoms with E-state index < -0.39 is 10.0 Å². The topological polar surface area (TPSA) is 66.5 Å². The SMILES string of the molecule is CSc1ccccc1NS(=O)(=O)c1ccc(N2CCCC2=O)c(C)c1. The fourth-order valence-corrected chi connectivity index (χ4v) is 4.72.